The highest BCUT2D eigenvalue weighted by Crippen LogP contribution is 2.40. The molecule has 2 N–H and O–H groups in total. The Hall–Kier alpha value is -3.44. The van der Waals surface area contributed by atoms with Gasteiger partial charge in [0.15, 0.2) is 11.5 Å². The van der Waals surface area contributed by atoms with Crippen molar-refractivity contribution in [3.8, 4) is 23.0 Å². The fourth-order valence-electron chi connectivity index (χ4n) is 5.21. The van der Waals surface area contributed by atoms with E-state index >= 15 is 0 Å². The number of fused-ring (bicyclic) bond motifs is 1. The highest BCUT2D eigenvalue weighted by atomic mass is 16.7. The van der Waals surface area contributed by atoms with Crippen molar-refractivity contribution in [2.24, 2.45) is 0 Å². The quantitative estimate of drug-likeness (QED) is 0.258. The van der Waals surface area contributed by atoms with Gasteiger partial charge >= 0.3 is 0 Å². The molecule has 5 heteroatoms. The fourth-order valence-corrected chi connectivity index (χ4v) is 5.21. The first-order valence-electron chi connectivity index (χ1n) is 13.1. The molecule has 2 aliphatic rings. The van der Waals surface area contributed by atoms with Gasteiger partial charge in [0.2, 0.25) is 6.79 Å². The standard InChI is InChI=1S/C31H35NO4/c1-2-28(24-12-17-29-30(20-24)36-21-35-29)31(22-8-13-26(33)14-9-22)23-10-15-27(16-11-23)34-19-18-32-25-6-4-3-5-7-25/h8-17,20,25,32-33H,2-7,18-19,21H2,1H3. The molecule has 36 heavy (non-hydrogen) atoms. The lowest BCUT2D eigenvalue weighted by Gasteiger charge is -2.22. The van der Waals surface area contributed by atoms with Gasteiger partial charge in [0.1, 0.15) is 18.1 Å². The summed E-state index contributed by atoms with van der Waals surface area (Å²) in [7, 11) is 0. The van der Waals surface area contributed by atoms with E-state index in [9.17, 15) is 5.11 Å². The Labute approximate surface area is 213 Å². The van der Waals surface area contributed by atoms with E-state index in [1.165, 1.54) is 37.7 Å². The molecule has 0 bridgehead atoms. The summed E-state index contributed by atoms with van der Waals surface area (Å²) in [4.78, 5) is 0. The third kappa shape index (κ3) is 5.68. The summed E-state index contributed by atoms with van der Waals surface area (Å²) in [5, 5.41) is 13.5. The normalized spacial score (nSPS) is 16.0. The van der Waals surface area contributed by atoms with Crippen molar-refractivity contribution in [2.75, 3.05) is 19.9 Å². The van der Waals surface area contributed by atoms with Crippen LogP contribution in [-0.2, 0) is 0 Å². The van der Waals surface area contributed by atoms with Crippen LogP contribution < -0.4 is 19.5 Å². The first-order chi connectivity index (χ1) is 17.7. The van der Waals surface area contributed by atoms with E-state index in [1.807, 2.05) is 30.3 Å². The van der Waals surface area contributed by atoms with Gasteiger partial charge in [-0.25, -0.2) is 0 Å². The van der Waals surface area contributed by atoms with Crippen LogP contribution in [0.15, 0.2) is 66.7 Å². The van der Waals surface area contributed by atoms with E-state index in [-0.39, 0.29) is 12.5 Å². The van der Waals surface area contributed by atoms with Crippen LogP contribution in [0.1, 0.15) is 62.1 Å². The van der Waals surface area contributed by atoms with E-state index in [4.69, 9.17) is 14.2 Å². The van der Waals surface area contributed by atoms with Gasteiger partial charge < -0.3 is 24.6 Å². The second kappa shape index (κ2) is 11.5. The first-order valence-corrected chi connectivity index (χ1v) is 13.1. The fraction of sp³-hybridized carbons (Fsp3) is 0.355. The third-order valence-electron chi connectivity index (χ3n) is 7.08. The molecule has 0 amide bonds. The molecule has 5 nitrogen and oxygen atoms in total. The number of aromatic hydroxyl groups is 1. The van der Waals surface area contributed by atoms with Gasteiger partial charge in [-0.05, 0) is 83.5 Å². The Bertz CT molecular complexity index is 1180. The molecule has 1 saturated carbocycles. The zero-order valence-electron chi connectivity index (χ0n) is 21.0. The first kappa shape index (κ1) is 24.3. The van der Waals surface area contributed by atoms with Crippen molar-refractivity contribution < 1.29 is 19.3 Å². The van der Waals surface area contributed by atoms with E-state index in [0.29, 0.717) is 12.6 Å². The van der Waals surface area contributed by atoms with Crippen molar-refractivity contribution >= 4 is 11.1 Å². The maximum Gasteiger partial charge on any atom is 0.231 e. The van der Waals surface area contributed by atoms with Gasteiger partial charge in [0.05, 0.1) is 0 Å². The number of benzene rings is 3. The SMILES string of the molecule is CCC(=C(c1ccc(O)cc1)c1ccc(OCCNC2CCCCC2)cc1)c1ccc2c(c1)OCO2. The second-order valence-electron chi connectivity index (χ2n) is 9.48. The number of phenols is 1. The van der Waals surface area contributed by atoms with Crippen LogP contribution in [0.3, 0.4) is 0 Å². The van der Waals surface area contributed by atoms with E-state index in [2.05, 4.69) is 36.5 Å². The molecule has 1 fully saturated rings. The van der Waals surface area contributed by atoms with Crippen LogP contribution in [0.5, 0.6) is 23.0 Å². The number of allylic oxidation sites excluding steroid dienone is 1. The summed E-state index contributed by atoms with van der Waals surface area (Å²) in [6, 6.07) is 22.5. The molecule has 5 rings (SSSR count). The van der Waals surface area contributed by atoms with E-state index < -0.39 is 0 Å². The molecule has 0 radical (unpaired) electrons. The molecule has 188 valence electrons. The molecule has 1 aliphatic carbocycles. The lowest BCUT2D eigenvalue weighted by molar-refractivity contribution is 0.174. The van der Waals surface area contributed by atoms with Crippen LogP contribution >= 0.6 is 0 Å². The lowest BCUT2D eigenvalue weighted by atomic mass is 9.88. The van der Waals surface area contributed by atoms with Crippen LogP contribution in [0, 0.1) is 0 Å². The topological polar surface area (TPSA) is 60.0 Å². The zero-order valence-corrected chi connectivity index (χ0v) is 21.0. The lowest BCUT2D eigenvalue weighted by Crippen LogP contribution is -2.34. The molecular weight excluding hydrogens is 450 g/mol. The minimum absolute atomic E-state index is 0.254. The highest BCUT2D eigenvalue weighted by molar-refractivity contribution is 5.99. The molecule has 3 aromatic rings. The number of rotatable bonds is 9. The Balaban J connectivity index is 1.38. The predicted octanol–water partition coefficient (Wildman–Crippen LogP) is 6.79. The number of hydrogen-bond acceptors (Lipinski definition) is 5. The van der Waals surface area contributed by atoms with Gasteiger partial charge in [-0.15, -0.1) is 0 Å². The van der Waals surface area contributed by atoms with Gasteiger partial charge in [-0.2, -0.15) is 0 Å². The molecular formula is C31H35NO4. The smallest absolute Gasteiger partial charge is 0.231 e. The van der Waals surface area contributed by atoms with Crippen molar-refractivity contribution in [1.29, 1.82) is 0 Å². The second-order valence-corrected chi connectivity index (χ2v) is 9.48. The Morgan fingerprint density at radius 2 is 1.53 bits per heavy atom. The maximum absolute atomic E-state index is 9.88. The van der Waals surface area contributed by atoms with Crippen LogP contribution in [0.25, 0.3) is 11.1 Å². The van der Waals surface area contributed by atoms with Crippen molar-refractivity contribution in [2.45, 2.75) is 51.5 Å². The Kier molecular flexibility index (Phi) is 7.77. The van der Waals surface area contributed by atoms with Gasteiger partial charge in [0.25, 0.3) is 0 Å². The maximum atomic E-state index is 9.88. The highest BCUT2D eigenvalue weighted by Gasteiger charge is 2.18. The monoisotopic (exact) mass is 485 g/mol. The molecule has 1 aliphatic heterocycles. The Morgan fingerprint density at radius 1 is 0.861 bits per heavy atom. The molecule has 1 heterocycles. The number of phenolic OH excluding ortho intramolecular Hbond substituents is 1. The molecule has 0 aromatic heterocycles. The summed E-state index contributed by atoms with van der Waals surface area (Å²) < 4.78 is 17.2. The number of ether oxygens (including phenoxy) is 3. The van der Waals surface area contributed by atoms with Gasteiger partial charge in [-0.1, -0.05) is 56.5 Å². The van der Waals surface area contributed by atoms with Gasteiger partial charge in [-0.3, -0.25) is 0 Å². The largest absolute Gasteiger partial charge is 0.508 e. The molecule has 0 atom stereocenters. The number of nitrogens with one attached hydrogen (secondary N) is 1. The third-order valence-corrected chi connectivity index (χ3v) is 7.08. The minimum atomic E-state index is 0.254. The van der Waals surface area contributed by atoms with Crippen LogP contribution in [-0.4, -0.2) is 31.1 Å². The van der Waals surface area contributed by atoms with Crippen molar-refractivity contribution in [1.82, 2.24) is 5.32 Å². The van der Waals surface area contributed by atoms with Crippen LogP contribution in [0.4, 0.5) is 0 Å². The molecule has 0 unspecified atom stereocenters. The average molecular weight is 486 g/mol. The van der Waals surface area contributed by atoms with Crippen molar-refractivity contribution in [3.05, 3.63) is 83.4 Å². The molecule has 0 saturated heterocycles. The summed E-state index contributed by atoms with van der Waals surface area (Å²) in [6.07, 6.45) is 7.44. The van der Waals surface area contributed by atoms with E-state index in [1.54, 1.807) is 12.1 Å². The minimum Gasteiger partial charge on any atom is -0.508 e. The van der Waals surface area contributed by atoms with Gasteiger partial charge in [0, 0.05) is 12.6 Å². The summed E-state index contributed by atoms with van der Waals surface area (Å²) in [5.41, 5.74) is 5.57. The average Bonchev–Trinajstić information content (AvgIpc) is 3.40. The summed E-state index contributed by atoms with van der Waals surface area (Å²) in [6.45, 7) is 3.95. The summed E-state index contributed by atoms with van der Waals surface area (Å²) in [5.74, 6) is 2.68. The molecule has 0 spiro atoms. The number of hydrogen-bond donors (Lipinski definition) is 2. The van der Waals surface area contributed by atoms with Crippen LogP contribution in [0.2, 0.25) is 0 Å². The predicted molar refractivity (Wildman–Crippen MR) is 144 cm³/mol. The Morgan fingerprint density at radius 3 is 2.25 bits per heavy atom. The van der Waals surface area contributed by atoms with Crippen molar-refractivity contribution in [3.63, 3.8) is 0 Å². The van der Waals surface area contributed by atoms with E-state index in [0.717, 1.165) is 52.5 Å². The molecule has 3 aromatic carbocycles. The summed E-state index contributed by atoms with van der Waals surface area (Å²) >= 11 is 0. The zero-order chi connectivity index (χ0) is 24.7.